The summed E-state index contributed by atoms with van der Waals surface area (Å²) >= 11 is 0. The minimum absolute atomic E-state index is 0.284. The molecule has 2 fully saturated rings. The third kappa shape index (κ3) is 3.91. The lowest BCUT2D eigenvalue weighted by Gasteiger charge is -2.39. The molecule has 0 spiro atoms. The molecule has 1 aliphatic heterocycles. The third-order valence-corrected chi connectivity index (χ3v) is 4.88. The van der Waals surface area contributed by atoms with Crippen molar-refractivity contribution in [3.63, 3.8) is 0 Å². The van der Waals surface area contributed by atoms with Gasteiger partial charge >= 0.3 is 0 Å². The summed E-state index contributed by atoms with van der Waals surface area (Å²) in [6.45, 7) is 4.70. The molecule has 2 atom stereocenters. The van der Waals surface area contributed by atoms with E-state index < -0.39 is 5.60 Å². The lowest BCUT2D eigenvalue weighted by atomic mass is 9.79. The molecule has 1 saturated heterocycles. The van der Waals surface area contributed by atoms with Crippen molar-refractivity contribution < 1.29 is 14.6 Å². The Kier molecular flexibility index (Phi) is 5.23. The van der Waals surface area contributed by atoms with Crippen molar-refractivity contribution in [3.05, 3.63) is 0 Å². The van der Waals surface area contributed by atoms with Gasteiger partial charge in [0.15, 0.2) is 0 Å². The highest BCUT2D eigenvalue weighted by Crippen LogP contribution is 2.34. The topological polar surface area (TPSA) is 41.9 Å². The van der Waals surface area contributed by atoms with Gasteiger partial charge in [-0.2, -0.15) is 0 Å². The zero-order chi connectivity index (χ0) is 13.9. The van der Waals surface area contributed by atoms with Crippen molar-refractivity contribution >= 4 is 0 Å². The van der Waals surface area contributed by atoms with Gasteiger partial charge in [0.05, 0.1) is 18.3 Å². The summed E-state index contributed by atoms with van der Waals surface area (Å²) in [6.07, 6.45) is 5.45. The Morgan fingerprint density at radius 1 is 1.26 bits per heavy atom. The molecule has 4 heteroatoms. The summed E-state index contributed by atoms with van der Waals surface area (Å²) in [5.41, 5.74) is -0.499. The second-order valence-corrected chi connectivity index (χ2v) is 6.54. The van der Waals surface area contributed by atoms with Crippen LogP contribution >= 0.6 is 0 Å². The van der Waals surface area contributed by atoms with E-state index in [0.717, 1.165) is 57.7 Å². The van der Waals surface area contributed by atoms with Gasteiger partial charge in [-0.05, 0) is 38.0 Å². The highest BCUT2D eigenvalue weighted by atomic mass is 16.5. The van der Waals surface area contributed by atoms with Gasteiger partial charge in [0.1, 0.15) is 0 Å². The van der Waals surface area contributed by atoms with E-state index in [0.29, 0.717) is 6.04 Å². The van der Waals surface area contributed by atoms with Crippen LogP contribution in [0.25, 0.3) is 0 Å². The van der Waals surface area contributed by atoms with Gasteiger partial charge in [-0.1, -0.05) is 6.92 Å². The molecule has 1 saturated carbocycles. The standard InChI is InChI=1S/C15H29NO3/c1-12-4-6-15(17,7-5-12)11-16-9-14(19-3)8-13(16)10-18-2/h12-14,17H,4-11H2,1-3H3/t12?,13-,14-,15?/m0/s1. The number of aliphatic hydroxyl groups is 1. The van der Waals surface area contributed by atoms with Crippen molar-refractivity contribution in [2.24, 2.45) is 5.92 Å². The Bertz CT molecular complexity index is 277. The molecule has 0 amide bonds. The Labute approximate surface area is 117 Å². The van der Waals surface area contributed by atoms with Gasteiger partial charge in [-0.25, -0.2) is 0 Å². The highest BCUT2D eigenvalue weighted by Gasteiger charge is 2.39. The smallest absolute Gasteiger partial charge is 0.0774 e. The van der Waals surface area contributed by atoms with Crippen LogP contribution in [0.5, 0.6) is 0 Å². The molecule has 1 heterocycles. The maximum atomic E-state index is 10.8. The molecule has 1 aliphatic carbocycles. The minimum atomic E-state index is -0.499. The van der Waals surface area contributed by atoms with Crippen molar-refractivity contribution in [2.45, 2.75) is 56.8 Å². The van der Waals surface area contributed by atoms with Crippen molar-refractivity contribution in [2.75, 3.05) is 33.9 Å². The van der Waals surface area contributed by atoms with Gasteiger partial charge in [0.2, 0.25) is 0 Å². The van der Waals surface area contributed by atoms with E-state index in [1.165, 1.54) is 0 Å². The predicted molar refractivity (Wildman–Crippen MR) is 75.2 cm³/mol. The van der Waals surface area contributed by atoms with Crippen LogP contribution in [0.15, 0.2) is 0 Å². The molecule has 0 radical (unpaired) electrons. The zero-order valence-corrected chi connectivity index (χ0v) is 12.6. The number of ether oxygens (including phenoxy) is 2. The number of likely N-dealkylation sites (tertiary alicyclic amines) is 1. The van der Waals surface area contributed by atoms with E-state index in [-0.39, 0.29) is 6.10 Å². The lowest BCUT2D eigenvalue weighted by molar-refractivity contribution is -0.0442. The average Bonchev–Trinajstić information content (AvgIpc) is 2.76. The number of rotatable bonds is 5. The maximum Gasteiger partial charge on any atom is 0.0774 e. The molecule has 0 aromatic rings. The summed E-state index contributed by atoms with van der Waals surface area (Å²) in [6, 6.07) is 0.387. The maximum absolute atomic E-state index is 10.8. The van der Waals surface area contributed by atoms with Crippen molar-refractivity contribution in [3.8, 4) is 0 Å². The first-order chi connectivity index (χ1) is 9.06. The van der Waals surface area contributed by atoms with Gasteiger partial charge in [0.25, 0.3) is 0 Å². The highest BCUT2D eigenvalue weighted by molar-refractivity contribution is 4.93. The van der Waals surface area contributed by atoms with Crippen LogP contribution in [0.1, 0.15) is 39.0 Å². The number of nitrogens with zero attached hydrogens (tertiary/aromatic N) is 1. The molecule has 2 aliphatic rings. The normalized spacial score (nSPS) is 40.7. The Morgan fingerprint density at radius 3 is 2.53 bits per heavy atom. The fraction of sp³-hybridized carbons (Fsp3) is 1.00. The minimum Gasteiger partial charge on any atom is -0.389 e. The second kappa shape index (κ2) is 6.53. The summed E-state index contributed by atoms with van der Waals surface area (Å²) in [7, 11) is 3.52. The molecule has 4 nitrogen and oxygen atoms in total. The van der Waals surface area contributed by atoms with E-state index in [2.05, 4.69) is 11.8 Å². The van der Waals surface area contributed by atoms with Crippen LogP contribution in [-0.4, -0.2) is 61.7 Å². The van der Waals surface area contributed by atoms with Crippen molar-refractivity contribution in [1.29, 1.82) is 0 Å². The molecule has 0 aromatic carbocycles. The Hall–Kier alpha value is -0.160. The summed E-state index contributed by atoms with van der Waals surface area (Å²) in [5.74, 6) is 0.764. The Morgan fingerprint density at radius 2 is 1.95 bits per heavy atom. The van der Waals surface area contributed by atoms with Gasteiger partial charge in [-0.15, -0.1) is 0 Å². The fourth-order valence-electron chi connectivity index (χ4n) is 3.50. The third-order valence-electron chi connectivity index (χ3n) is 4.88. The summed E-state index contributed by atoms with van der Waals surface area (Å²) in [5, 5.41) is 10.8. The van der Waals surface area contributed by atoms with E-state index >= 15 is 0 Å². The lowest BCUT2D eigenvalue weighted by Crippen LogP contribution is -2.48. The molecule has 0 aromatic heterocycles. The molecule has 1 N–H and O–H groups in total. The second-order valence-electron chi connectivity index (χ2n) is 6.54. The number of β-amino-alcohol motifs (C(OH)–C–C–N with tert-alkyl or cyclic N) is 1. The Balaban J connectivity index is 1.92. The van der Waals surface area contributed by atoms with Crippen LogP contribution in [-0.2, 0) is 9.47 Å². The van der Waals surface area contributed by atoms with E-state index in [9.17, 15) is 5.11 Å². The first kappa shape index (κ1) is 15.2. The van der Waals surface area contributed by atoms with Crippen LogP contribution in [0, 0.1) is 5.92 Å². The summed E-state index contributed by atoms with van der Waals surface area (Å²) in [4.78, 5) is 2.37. The van der Waals surface area contributed by atoms with Crippen LogP contribution in [0.3, 0.4) is 0 Å². The molecular weight excluding hydrogens is 242 g/mol. The number of hydrogen-bond acceptors (Lipinski definition) is 4. The van der Waals surface area contributed by atoms with Crippen LogP contribution < -0.4 is 0 Å². The van der Waals surface area contributed by atoms with Gasteiger partial charge < -0.3 is 14.6 Å². The SMILES string of the molecule is COC[C@@H]1C[C@H](OC)CN1CC1(O)CCC(C)CC1. The molecule has 19 heavy (non-hydrogen) atoms. The van der Waals surface area contributed by atoms with Gasteiger partial charge in [0, 0.05) is 33.4 Å². The molecule has 0 unspecified atom stereocenters. The summed E-state index contributed by atoms with van der Waals surface area (Å²) < 4.78 is 10.8. The largest absolute Gasteiger partial charge is 0.389 e. The molecule has 2 rings (SSSR count). The number of hydrogen-bond donors (Lipinski definition) is 1. The first-order valence-corrected chi connectivity index (χ1v) is 7.54. The van der Waals surface area contributed by atoms with Crippen LogP contribution in [0.4, 0.5) is 0 Å². The van der Waals surface area contributed by atoms with E-state index in [4.69, 9.17) is 9.47 Å². The molecule has 0 bridgehead atoms. The zero-order valence-electron chi connectivity index (χ0n) is 12.6. The first-order valence-electron chi connectivity index (χ1n) is 7.54. The van der Waals surface area contributed by atoms with Crippen LogP contribution in [0.2, 0.25) is 0 Å². The van der Waals surface area contributed by atoms with Gasteiger partial charge in [-0.3, -0.25) is 4.90 Å². The predicted octanol–water partition coefficient (Wildman–Crippen LogP) is 1.66. The van der Waals surface area contributed by atoms with E-state index in [1.54, 1.807) is 14.2 Å². The quantitative estimate of drug-likeness (QED) is 0.826. The molecule has 112 valence electrons. The van der Waals surface area contributed by atoms with Crippen molar-refractivity contribution in [1.82, 2.24) is 4.90 Å². The molecular formula is C15H29NO3. The van der Waals surface area contributed by atoms with E-state index in [1.807, 2.05) is 0 Å². The monoisotopic (exact) mass is 271 g/mol. The average molecular weight is 271 g/mol. The fourth-order valence-corrected chi connectivity index (χ4v) is 3.50. The number of methoxy groups -OCH3 is 2.